The lowest BCUT2D eigenvalue weighted by atomic mass is 10.1. The summed E-state index contributed by atoms with van der Waals surface area (Å²) in [7, 11) is 1.82. The van der Waals surface area contributed by atoms with E-state index in [0.29, 0.717) is 13.2 Å². The normalized spacial score (nSPS) is 19.3. The van der Waals surface area contributed by atoms with Crippen molar-refractivity contribution in [2.45, 2.75) is 19.1 Å². The standard InChI is InChI=1S/C16H21N5O2/c1-12(20(2)16(22)15-9-17-7-8-23-15)13-3-5-14(6-4-13)21-11-18-10-19-21/h3-6,10-12,15,17H,7-9H2,1-2H3. The summed E-state index contributed by atoms with van der Waals surface area (Å²) >= 11 is 0. The Bertz CT molecular complexity index is 635. The zero-order chi connectivity index (χ0) is 16.2. The fraction of sp³-hybridized carbons (Fsp3) is 0.438. The van der Waals surface area contributed by atoms with Crippen molar-refractivity contribution >= 4 is 5.91 Å². The van der Waals surface area contributed by atoms with Gasteiger partial charge in [-0.15, -0.1) is 0 Å². The second kappa shape index (κ2) is 6.89. The van der Waals surface area contributed by atoms with Gasteiger partial charge in [0.2, 0.25) is 0 Å². The van der Waals surface area contributed by atoms with E-state index in [1.165, 1.54) is 6.33 Å². The number of morpholine rings is 1. The molecule has 23 heavy (non-hydrogen) atoms. The summed E-state index contributed by atoms with van der Waals surface area (Å²) in [6.07, 6.45) is 2.76. The van der Waals surface area contributed by atoms with Gasteiger partial charge in [0.05, 0.1) is 18.3 Å². The first-order valence-electron chi connectivity index (χ1n) is 7.71. The fourth-order valence-corrected chi connectivity index (χ4v) is 2.61. The number of hydrogen-bond donors (Lipinski definition) is 1. The Kier molecular flexibility index (Phi) is 4.68. The molecule has 1 saturated heterocycles. The van der Waals surface area contributed by atoms with Gasteiger partial charge in [-0.3, -0.25) is 4.79 Å². The van der Waals surface area contributed by atoms with Crippen molar-refractivity contribution in [1.29, 1.82) is 0 Å². The van der Waals surface area contributed by atoms with Crippen molar-refractivity contribution in [3.63, 3.8) is 0 Å². The van der Waals surface area contributed by atoms with Crippen LogP contribution >= 0.6 is 0 Å². The number of amides is 1. The SMILES string of the molecule is CC(c1ccc(-n2cncn2)cc1)N(C)C(=O)C1CNCCO1. The van der Waals surface area contributed by atoms with Gasteiger partial charge >= 0.3 is 0 Å². The first kappa shape index (κ1) is 15.6. The lowest BCUT2D eigenvalue weighted by Crippen LogP contribution is -2.48. The zero-order valence-corrected chi connectivity index (χ0v) is 13.3. The van der Waals surface area contributed by atoms with Crippen molar-refractivity contribution in [1.82, 2.24) is 25.0 Å². The number of ether oxygens (including phenoxy) is 1. The third-order valence-electron chi connectivity index (χ3n) is 4.19. The summed E-state index contributed by atoms with van der Waals surface area (Å²) in [6.45, 7) is 3.96. The maximum atomic E-state index is 12.5. The van der Waals surface area contributed by atoms with Gasteiger partial charge in [-0.1, -0.05) is 12.1 Å². The van der Waals surface area contributed by atoms with Crippen molar-refractivity contribution in [2.75, 3.05) is 26.7 Å². The third-order valence-corrected chi connectivity index (χ3v) is 4.19. The van der Waals surface area contributed by atoms with Gasteiger partial charge in [0, 0.05) is 20.1 Å². The number of aromatic nitrogens is 3. The van der Waals surface area contributed by atoms with Crippen molar-refractivity contribution in [2.24, 2.45) is 0 Å². The highest BCUT2D eigenvalue weighted by Crippen LogP contribution is 2.21. The molecule has 1 amide bonds. The van der Waals surface area contributed by atoms with Crippen molar-refractivity contribution in [3.05, 3.63) is 42.5 Å². The number of hydrogen-bond acceptors (Lipinski definition) is 5. The molecule has 0 aliphatic carbocycles. The topological polar surface area (TPSA) is 72.3 Å². The highest BCUT2D eigenvalue weighted by Gasteiger charge is 2.27. The molecular formula is C16H21N5O2. The quantitative estimate of drug-likeness (QED) is 0.902. The summed E-state index contributed by atoms with van der Waals surface area (Å²) in [4.78, 5) is 18.2. The van der Waals surface area contributed by atoms with E-state index >= 15 is 0 Å². The molecule has 3 rings (SSSR count). The van der Waals surface area contributed by atoms with Gasteiger partial charge in [-0.2, -0.15) is 5.10 Å². The van der Waals surface area contributed by atoms with Crippen LogP contribution in [0.3, 0.4) is 0 Å². The molecule has 0 spiro atoms. The maximum absolute atomic E-state index is 12.5. The number of carbonyl (C=O) groups excluding carboxylic acids is 1. The molecule has 1 fully saturated rings. The summed E-state index contributed by atoms with van der Waals surface area (Å²) in [5.74, 6) is 0.00468. The van der Waals surface area contributed by atoms with Crippen LogP contribution in [0, 0.1) is 0 Å². The van der Waals surface area contributed by atoms with Gasteiger partial charge in [0.25, 0.3) is 5.91 Å². The van der Waals surface area contributed by atoms with Crippen LogP contribution in [0.15, 0.2) is 36.9 Å². The molecule has 2 heterocycles. The maximum Gasteiger partial charge on any atom is 0.253 e. The van der Waals surface area contributed by atoms with Gasteiger partial charge < -0.3 is 15.0 Å². The Hall–Kier alpha value is -2.25. The summed E-state index contributed by atoms with van der Waals surface area (Å²) in [6, 6.07) is 7.92. The molecule has 1 N–H and O–H groups in total. The van der Waals surface area contributed by atoms with E-state index in [2.05, 4.69) is 15.4 Å². The number of nitrogens with zero attached hydrogens (tertiary/aromatic N) is 4. The van der Waals surface area contributed by atoms with E-state index in [9.17, 15) is 4.79 Å². The Labute approximate surface area is 135 Å². The Morgan fingerprint density at radius 1 is 1.43 bits per heavy atom. The molecule has 2 atom stereocenters. The first-order valence-corrected chi connectivity index (χ1v) is 7.71. The van der Waals surface area contributed by atoms with Gasteiger partial charge in [0.15, 0.2) is 0 Å². The largest absolute Gasteiger partial charge is 0.366 e. The first-order chi connectivity index (χ1) is 11.2. The number of benzene rings is 1. The summed E-state index contributed by atoms with van der Waals surface area (Å²) in [5.41, 5.74) is 2.00. The molecule has 7 nitrogen and oxygen atoms in total. The lowest BCUT2D eigenvalue weighted by molar-refractivity contribution is -0.145. The lowest BCUT2D eigenvalue weighted by Gasteiger charge is -2.31. The highest BCUT2D eigenvalue weighted by molar-refractivity contribution is 5.81. The van der Waals surface area contributed by atoms with Crippen molar-refractivity contribution < 1.29 is 9.53 Å². The van der Waals surface area contributed by atoms with Gasteiger partial charge in [0.1, 0.15) is 18.8 Å². The molecule has 0 radical (unpaired) electrons. The molecule has 1 aromatic carbocycles. The second-order valence-corrected chi connectivity index (χ2v) is 5.62. The highest BCUT2D eigenvalue weighted by atomic mass is 16.5. The van der Waals surface area contributed by atoms with Crippen LogP contribution in [-0.4, -0.2) is 58.4 Å². The second-order valence-electron chi connectivity index (χ2n) is 5.62. The fourth-order valence-electron chi connectivity index (χ4n) is 2.61. The van der Waals surface area contributed by atoms with Crippen LogP contribution in [0.4, 0.5) is 0 Å². The van der Waals surface area contributed by atoms with Crippen LogP contribution in [0.2, 0.25) is 0 Å². The predicted molar refractivity (Wildman–Crippen MR) is 85.2 cm³/mol. The van der Waals surface area contributed by atoms with Gasteiger partial charge in [-0.25, -0.2) is 9.67 Å². The summed E-state index contributed by atoms with van der Waals surface area (Å²) < 4.78 is 7.24. The van der Waals surface area contributed by atoms with Crippen LogP contribution in [0.25, 0.3) is 5.69 Å². The van der Waals surface area contributed by atoms with E-state index in [-0.39, 0.29) is 11.9 Å². The Morgan fingerprint density at radius 3 is 2.83 bits per heavy atom. The number of rotatable bonds is 4. The third kappa shape index (κ3) is 3.40. The Morgan fingerprint density at radius 2 is 2.22 bits per heavy atom. The van der Waals surface area contributed by atoms with Crippen molar-refractivity contribution in [3.8, 4) is 5.69 Å². The molecule has 1 aromatic heterocycles. The summed E-state index contributed by atoms with van der Waals surface area (Å²) in [5, 5.41) is 7.29. The monoisotopic (exact) mass is 315 g/mol. The molecule has 122 valence electrons. The smallest absolute Gasteiger partial charge is 0.253 e. The molecule has 2 aromatic rings. The minimum absolute atomic E-state index is 0.00468. The molecule has 2 unspecified atom stereocenters. The molecule has 1 aliphatic rings. The number of carbonyl (C=O) groups is 1. The van der Waals surface area contributed by atoms with E-state index in [4.69, 9.17) is 4.74 Å². The van der Waals surface area contributed by atoms with Crippen LogP contribution in [-0.2, 0) is 9.53 Å². The van der Waals surface area contributed by atoms with Crippen LogP contribution in [0.5, 0.6) is 0 Å². The molecule has 0 saturated carbocycles. The zero-order valence-electron chi connectivity index (χ0n) is 13.3. The average molecular weight is 315 g/mol. The van der Waals surface area contributed by atoms with E-state index < -0.39 is 6.10 Å². The average Bonchev–Trinajstić information content (AvgIpc) is 3.15. The number of nitrogens with one attached hydrogen (secondary N) is 1. The minimum Gasteiger partial charge on any atom is -0.366 e. The van der Waals surface area contributed by atoms with Gasteiger partial charge in [-0.05, 0) is 24.6 Å². The number of likely N-dealkylation sites (N-methyl/N-ethyl adjacent to an activating group) is 1. The predicted octanol–water partition coefficient (Wildman–Crippen LogP) is 0.775. The van der Waals surface area contributed by atoms with Crippen LogP contribution < -0.4 is 5.32 Å². The van der Waals surface area contributed by atoms with Crippen LogP contribution in [0.1, 0.15) is 18.5 Å². The molecule has 1 aliphatic heterocycles. The molecule has 7 heteroatoms. The van der Waals surface area contributed by atoms with E-state index in [1.807, 2.05) is 38.2 Å². The Balaban J connectivity index is 1.69. The molecular weight excluding hydrogens is 294 g/mol. The minimum atomic E-state index is -0.398. The molecule has 0 bridgehead atoms. The van der Waals surface area contributed by atoms with E-state index in [0.717, 1.165) is 17.8 Å². The van der Waals surface area contributed by atoms with E-state index in [1.54, 1.807) is 15.9 Å².